The van der Waals surface area contributed by atoms with Gasteiger partial charge in [-0.05, 0) is 36.6 Å². The minimum Gasteiger partial charge on any atom is -0.497 e. The van der Waals surface area contributed by atoms with Crippen molar-refractivity contribution in [2.75, 3.05) is 37.0 Å². The summed E-state index contributed by atoms with van der Waals surface area (Å²) in [6.07, 6.45) is 1.28. The van der Waals surface area contributed by atoms with Gasteiger partial charge in [0.25, 0.3) is 0 Å². The van der Waals surface area contributed by atoms with Crippen molar-refractivity contribution in [3.8, 4) is 5.75 Å². The Kier molecular flexibility index (Phi) is 6.33. The van der Waals surface area contributed by atoms with Crippen molar-refractivity contribution < 1.29 is 24.2 Å². The van der Waals surface area contributed by atoms with Gasteiger partial charge in [0.2, 0.25) is 5.91 Å². The third kappa shape index (κ3) is 5.04. The third-order valence-corrected chi connectivity index (χ3v) is 4.69. The molecule has 0 bridgehead atoms. The molecule has 8 nitrogen and oxygen atoms in total. The summed E-state index contributed by atoms with van der Waals surface area (Å²) in [5.74, 6) is -0.950. The smallest absolute Gasteiger partial charge is 0.323 e. The molecule has 3 amide bonds. The van der Waals surface area contributed by atoms with E-state index in [9.17, 15) is 19.5 Å². The second-order valence-electron chi connectivity index (χ2n) is 6.69. The van der Waals surface area contributed by atoms with Gasteiger partial charge in [-0.1, -0.05) is 24.3 Å². The maximum Gasteiger partial charge on any atom is 0.323 e. The summed E-state index contributed by atoms with van der Waals surface area (Å²) in [6.45, 7) is -0.296. The number of nitrogens with zero attached hydrogens (tertiary/aromatic N) is 2. The Morgan fingerprint density at radius 2 is 1.97 bits per heavy atom. The quantitative estimate of drug-likeness (QED) is 0.826. The molecule has 0 spiro atoms. The van der Waals surface area contributed by atoms with Gasteiger partial charge in [0.1, 0.15) is 18.8 Å². The minimum atomic E-state index is -1.11. The van der Waals surface area contributed by atoms with Gasteiger partial charge in [-0.25, -0.2) is 4.79 Å². The Balaban J connectivity index is 1.81. The molecular weight excluding hydrogens is 374 g/mol. The maximum atomic E-state index is 12.9. The van der Waals surface area contributed by atoms with Gasteiger partial charge in [0.15, 0.2) is 0 Å². The van der Waals surface area contributed by atoms with Crippen molar-refractivity contribution in [2.24, 2.45) is 0 Å². The predicted octanol–water partition coefficient (Wildman–Crippen LogP) is 2.59. The van der Waals surface area contributed by atoms with E-state index in [1.54, 1.807) is 36.4 Å². The zero-order valence-corrected chi connectivity index (χ0v) is 16.1. The highest BCUT2D eigenvalue weighted by molar-refractivity contribution is 6.01. The summed E-state index contributed by atoms with van der Waals surface area (Å²) in [7, 11) is 1.54. The van der Waals surface area contributed by atoms with Gasteiger partial charge in [-0.15, -0.1) is 0 Å². The fourth-order valence-electron chi connectivity index (χ4n) is 3.29. The molecule has 0 aliphatic carbocycles. The number of hydrogen-bond acceptors (Lipinski definition) is 4. The summed E-state index contributed by atoms with van der Waals surface area (Å²) in [6, 6.07) is 13.7. The Morgan fingerprint density at radius 3 is 2.72 bits per heavy atom. The summed E-state index contributed by atoms with van der Waals surface area (Å²) in [5, 5.41) is 12.0. The second kappa shape index (κ2) is 9.09. The van der Waals surface area contributed by atoms with E-state index >= 15 is 0 Å². The molecule has 0 saturated heterocycles. The van der Waals surface area contributed by atoms with Crippen LogP contribution in [-0.2, 0) is 16.0 Å². The average molecular weight is 397 g/mol. The van der Waals surface area contributed by atoms with E-state index in [-0.39, 0.29) is 6.54 Å². The topological polar surface area (TPSA) is 99.2 Å². The van der Waals surface area contributed by atoms with Gasteiger partial charge < -0.3 is 20.1 Å². The van der Waals surface area contributed by atoms with E-state index in [4.69, 9.17) is 4.74 Å². The molecule has 0 radical (unpaired) electrons. The van der Waals surface area contributed by atoms with E-state index in [0.717, 1.165) is 5.56 Å². The zero-order chi connectivity index (χ0) is 20.8. The number of hydrogen-bond donors (Lipinski definition) is 2. The number of carboxylic acids is 1. The lowest BCUT2D eigenvalue weighted by molar-refractivity contribution is -0.136. The van der Waals surface area contributed by atoms with Crippen molar-refractivity contribution in [3.63, 3.8) is 0 Å². The molecule has 2 aromatic carbocycles. The minimum absolute atomic E-state index is 0.211. The van der Waals surface area contributed by atoms with Crippen LogP contribution in [0.2, 0.25) is 0 Å². The molecule has 0 atom stereocenters. The van der Waals surface area contributed by atoms with Crippen LogP contribution in [0.25, 0.3) is 0 Å². The molecular formula is C21H23N3O5. The SMILES string of the molecule is COc1cccc(NC(=O)N2CCCc3ccccc3N(CC(=O)O)C(=O)C2)c1. The molecule has 1 aliphatic heterocycles. The number of aliphatic carboxylic acids is 1. The lowest BCUT2D eigenvalue weighted by Gasteiger charge is -2.26. The van der Waals surface area contributed by atoms with Crippen LogP contribution in [-0.4, -0.2) is 54.7 Å². The second-order valence-corrected chi connectivity index (χ2v) is 6.69. The lowest BCUT2D eigenvalue weighted by Crippen LogP contribution is -2.46. The number of fused-ring (bicyclic) bond motifs is 1. The molecule has 1 aliphatic rings. The molecule has 8 heteroatoms. The number of benzene rings is 2. The van der Waals surface area contributed by atoms with Crippen LogP contribution in [0.1, 0.15) is 12.0 Å². The Labute approximate surface area is 168 Å². The molecule has 2 N–H and O–H groups in total. The lowest BCUT2D eigenvalue weighted by atomic mass is 10.1. The molecule has 0 saturated carbocycles. The molecule has 29 heavy (non-hydrogen) atoms. The molecule has 2 aromatic rings. The van der Waals surface area contributed by atoms with E-state index < -0.39 is 24.5 Å². The Bertz CT molecular complexity index is 915. The van der Waals surface area contributed by atoms with Crippen LogP contribution in [0.5, 0.6) is 5.75 Å². The number of ether oxygens (including phenoxy) is 1. The van der Waals surface area contributed by atoms with Gasteiger partial charge in [0.05, 0.1) is 7.11 Å². The van der Waals surface area contributed by atoms with Gasteiger partial charge in [0, 0.05) is 24.0 Å². The largest absolute Gasteiger partial charge is 0.497 e. The van der Waals surface area contributed by atoms with Gasteiger partial charge in [-0.3, -0.25) is 14.5 Å². The first-order valence-corrected chi connectivity index (χ1v) is 9.28. The maximum absolute atomic E-state index is 12.9. The molecule has 0 aromatic heterocycles. The highest BCUT2D eigenvalue weighted by Gasteiger charge is 2.27. The molecule has 1 heterocycles. The number of urea groups is 1. The first kappa shape index (κ1) is 20.2. The fraction of sp³-hybridized carbons (Fsp3) is 0.286. The van der Waals surface area contributed by atoms with Crippen LogP contribution >= 0.6 is 0 Å². The highest BCUT2D eigenvalue weighted by atomic mass is 16.5. The van der Waals surface area contributed by atoms with Crippen LogP contribution in [0.15, 0.2) is 48.5 Å². The van der Waals surface area contributed by atoms with Crippen molar-refractivity contribution in [3.05, 3.63) is 54.1 Å². The van der Waals surface area contributed by atoms with Crippen molar-refractivity contribution in [1.29, 1.82) is 0 Å². The number of para-hydroxylation sites is 1. The number of aryl methyl sites for hydroxylation is 1. The van der Waals surface area contributed by atoms with Gasteiger partial charge >= 0.3 is 12.0 Å². The first-order chi connectivity index (χ1) is 14.0. The van der Waals surface area contributed by atoms with E-state index in [1.807, 2.05) is 12.1 Å². The average Bonchev–Trinajstić information content (AvgIpc) is 2.77. The van der Waals surface area contributed by atoms with Crippen LogP contribution in [0, 0.1) is 0 Å². The van der Waals surface area contributed by atoms with Crippen LogP contribution < -0.4 is 15.0 Å². The van der Waals surface area contributed by atoms with E-state index in [0.29, 0.717) is 36.5 Å². The molecule has 0 unspecified atom stereocenters. The number of amides is 3. The summed E-state index contributed by atoms with van der Waals surface area (Å²) in [4.78, 5) is 39.6. The number of anilines is 2. The first-order valence-electron chi connectivity index (χ1n) is 9.28. The summed E-state index contributed by atoms with van der Waals surface area (Å²) < 4.78 is 5.16. The normalized spacial score (nSPS) is 14.3. The van der Waals surface area contributed by atoms with Gasteiger partial charge in [-0.2, -0.15) is 0 Å². The van der Waals surface area contributed by atoms with Crippen LogP contribution in [0.3, 0.4) is 0 Å². The predicted molar refractivity (Wildman–Crippen MR) is 108 cm³/mol. The monoisotopic (exact) mass is 397 g/mol. The number of rotatable bonds is 4. The highest BCUT2D eigenvalue weighted by Crippen LogP contribution is 2.24. The third-order valence-electron chi connectivity index (χ3n) is 4.69. The fourth-order valence-corrected chi connectivity index (χ4v) is 3.29. The van der Waals surface area contributed by atoms with E-state index in [2.05, 4.69) is 5.32 Å². The standard InChI is InChI=1S/C21H23N3O5/c1-29-17-9-4-8-16(12-17)22-21(28)23-11-5-7-15-6-2-3-10-18(15)24(14-20(26)27)19(25)13-23/h2-4,6,8-10,12H,5,7,11,13-14H2,1H3,(H,22,28)(H,26,27). The summed E-state index contributed by atoms with van der Waals surface area (Å²) in [5.41, 5.74) is 2.01. The number of carbonyl (C=O) groups excluding carboxylic acids is 2. The Morgan fingerprint density at radius 1 is 1.17 bits per heavy atom. The van der Waals surface area contributed by atoms with Crippen molar-refractivity contribution >= 4 is 29.3 Å². The molecule has 3 rings (SSSR count). The van der Waals surface area contributed by atoms with Crippen molar-refractivity contribution in [2.45, 2.75) is 12.8 Å². The molecule has 0 fully saturated rings. The number of methoxy groups -OCH3 is 1. The number of nitrogens with one attached hydrogen (secondary N) is 1. The van der Waals surface area contributed by atoms with E-state index in [1.165, 1.54) is 16.9 Å². The van der Waals surface area contributed by atoms with Crippen molar-refractivity contribution in [1.82, 2.24) is 4.90 Å². The number of carbonyl (C=O) groups is 3. The zero-order valence-electron chi connectivity index (χ0n) is 16.1. The van der Waals surface area contributed by atoms with Crippen LogP contribution in [0.4, 0.5) is 16.2 Å². The summed E-state index contributed by atoms with van der Waals surface area (Å²) >= 11 is 0. The Hall–Kier alpha value is -3.55. The number of carboxylic acid groups (broad SMARTS) is 1. The molecule has 152 valence electrons.